The largest absolute Gasteiger partial charge is 0.379 e. The molecular formula is C17H21N7O4. The molecule has 0 unspecified atom stereocenters. The van der Waals surface area contributed by atoms with Gasteiger partial charge in [-0.3, -0.25) is 30.7 Å². The lowest BCUT2D eigenvalue weighted by Crippen LogP contribution is -2.39. The number of ether oxygens (including phenoxy) is 1. The van der Waals surface area contributed by atoms with Crippen LogP contribution in [-0.2, 0) is 4.74 Å². The monoisotopic (exact) mass is 387 g/mol. The van der Waals surface area contributed by atoms with Crippen LogP contribution in [0.15, 0.2) is 36.7 Å². The van der Waals surface area contributed by atoms with Gasteiger partial charge in [0.2, 0.25) is 11.6 Å². The Morgan fingerprint density at radius 3 is 2.61 bits per heavy atom. The number of anilines is 2. The molecular weight excluding hydrogens is 366 g/mol. The van der Waals surface area contributed by atoms with Crippen molar-refractivity contribution >= 4 is 23.2 Å². The van der Waals surface area contributed by atoms with E-state index < -0.39 is 10.8 Å². The van der Waals surface area contributed by atoms with E-state index >= 15 is 0 Å². The van der Waals surface area contributed by atoms with E-state index in [9.17, 15) is 14.9 Å². The average Bonchev–Trinajstić information content (AvgIpc) is 2.73. The van der Waals surface area contributed by atoms with Crippen molar-refractivity contribution in [2.75, 3.05) is 50.1 Å². The van der Waals surface area contributed by atoms with Crippen LogP contribution in [0, 0.1) is 10.1 Å². The fourth-order valence-electron chi connectivity index (χ4n) is 2.71. The maximum Gasteiger partial charge on any atom is 0.354 e. The number of hydrazine groups is 1. The summed E-state index contributed by atoms with van der Waals surface area (Å²) in [5.41, 5.74) is 5.00. The van der Waals surface area contributed by atoms with Crippen molar-refractivity contribution in [2.45, 2.75) is 0 Å². The van der Waals surface area contributed by atoms with E-state index in [1.807, 2.05) is 0 Å². The molecule has 2 heterocycles. The second-order valence-electron chi connectivity index (χ2n) is 6.00. The molecule has 0 atom stereocenters. The Bertz CT molecular complexity index is 812. The molecule has 11 nitrogen and oxygen atoms in total. The smallest absolute Gasteiger partial charge is 0.354 e. The summed E-state index contributed by atoms with van der Waals surface area (Å²) in [5.74, 6) is -0.446. The highest BCUT2D eigenvalue weighted by Gasteiger charge is 2.23. The van der Waals surface area contributed by atoms with Gasteiger partial charge in [-0.05, 0) is 12.1 Å². The number of rotatable bonds is 8. The molecule has 0 aliphatic carbocycles. The molecule has 3 N–H and O–H groups in total. The zero-order valence-corrected chi connectivity index (χ0v) is 15.1. The van der Waals surface area contributed by atoms with Crippen molar-refractivity contribution in [2.24, 2.45) is 0 Å². The molecule has 1 aromatic heterocycles. The van der Waals surface area contributed by atoms with Crippen LogP contribution in [0.2, 0.25) is 0 Å². The summed E-state index contributed by atoms with van der Waals surface area (Å²) in [6.07, 6.45) is 1.20. The maximum absolute atomic E-state index is 12.1. The Labute approximate surface area is 161 Å². The van der Waals surface area contributed by atoms with Gasteiger partial charge in [-0.15, -0.1) is 0 Å². The van der Waals surface area contributed by atoms with Crippen molar-refractivity contribution in [1.29, 1.82) is 0 Å². The number of morpholine rings is 1. The first kappa shape index (κ1) is 19.5. The van der Waals surface area contributed by atoms with Gasteiger partial charge >= 0.3 is 5.69 Å². The number of carbonyl (C=O) groups excluding carboxylic acids is 1. The van der Waals surface area contributed by atoms with Gasteiger partial charge < -0.3 is 10.1 Å². The summed E-state index contributed by atoms with van der Waals surface area (Å²) >= 11 is 0. The summed E-state index contributed by atoms with van der Waals surface area (Å²) in [6.45, 7) is 4.20. The van der Waals surface area contributed by atoms with Gasteiger partial charge in [-0.25, -0.2) is 9.97 Å². The van der Waals surface area contributed by atoms with Crippen LogP contribution in [0.1, 0.15) is 10.4 Å². The number of hydrogen-bond donors (Lipinski definition) is 3. The summed E-state index contributed by atoms with van der Waals surface area (Å²) < 4.78 is 5.29. The third-order valence-corrected chi connectivity index (χ3v) is 4.16. The average molecular weight is 387 g/mol. The van der Waals surface area contributed by atoms with Crippen molar-refractivity contribution in [1.82, 2.24) is 20.3 Å². The molecule has 11 heteroatoms. The number of amides is 1. The lowest BCUT2D eigenvalue weighted by Gasteiger charge is -2.26. The molecule has 1 aromatic carbocycles. The number of nitrogens with one attached hydrogen (secondary N) is 3. The van der Waals surface area contributed by atoms with Crippen molar-refractivity contribution in [3.63, 3.8) is 0 Å². The summed E-state index contributed by atoms with van der Waals surface area (Å²) in [4.78, 5) is 33.1. The molecule has 1 saturated heterocycles. The van der Waals surface area contributed by atoms with Gasteiger partial charge in [0.1, 0.15) is 6.33 Å². The second-order valence-corrected chi connectivity index (χ2v) is 6.00. The van der Waals surface area contributed by atoms with Gasteiger partial charge in [0.25, 0.3) is 5.91 Å². The molecule has 1 amide bonds. The molecule has 2 aromatic rings. The van der Waals surface area contributed by atoms with Crippen molar-refractivity contribution in [3.05, 3.63) is 52.3 Å². The highest BCUT2D eigenvalue weighted by atomic mass is 16.6. The standard InChI is InChI=1S/C17H21N7O4/c25-17(13-4-2-1-3-5-13)22-21-16-14(24(26)27)15(19-12-20-16)18-6-7-23-8-10-28-11-9-23/h1-5,12H,6-11H2,(H,22,25)(H2,18,19,20,21). The summed E-state index contributed by atoms with van der Waals surface area (Å²) in [7, 11) is 0. The Kier molecular flexibility index (Phi) is 6.65. The summed E-state index contributed by atoms with van der Waals surface area (Å²) in [6, 6.07) is 8.49. The van der Waals surface area contributed by atoms with E-state index in [-0.39, 0.29) is 17.3 Å². The van der Waals surface area contributed by atoms with Gasteiger partial charge in [-0.2, -0.15) is 0 Å². The van der Waals surface area contributed by atoms with E-state index in [4.69, 9.17) is 4.74 Å². The number of nitrogens with zero attached hydrogens (tertiary/aromatic N) is 4. The minimum atomic E-state index is -0.589. The van der Waals surface area contributed by atoms with Gasteiger partial charge in [0, 0.05) is 31.7 Å². The van der Waals surface area contributed by atoms with Crippen LogP contribution in [0.5, 0.6) is 0 Å². The Morgan fingerprint density at radius 1 is 1.18 bits per heavy atom. The van der Waals surface area contributed by atoms with Gasteiger partial charge in [-0.1, -0.05) is 18.2 Å². The van der Waals surface area contributed by atoms with Crippen molar-refractivity contribution < 1.29 is 14.5 Å². The number of carbonyl (C=O) groups is 1. The number of hydrogen-bond acceptors (Lipinski definition) is 9. The number of nitro groups is 1. The van der Waals surface area contributed by atoms with Gasteiger partial charge in [0.05, 0.1) is 18.1 Å². The van der Waals surface area contributed by atoms with Crippen LogP contribution >= 0.6 is 0 Å². The zero-order chi connectivity index (χ0) is 19.8. The van der Waals surface area contributed by atoms with Crippen molar-refractivity contribution in [3.8, 4) is 0 Å². The minimum absolute atomic E-state index is 0.0877. The highest BCUT2D eigenvalue weighted by molar-refractivity contribution is 5.95. The molecule has 0 spiro atoms. The first-order chi connectivity index (χ1) is 13.6. The molecule has 1 aliphatic heterocycles. The maximum atomic E-state index is 12.1. The van der Waals surface area contributed by atoms with Crippen LogP contribution in [0.4, 0.5) is 17.3 Å². The second kappa shape index (κ2) is 9.58. The Morgan fingerprint density at radius 2 is 1.89 bits per heavy atom. The first-order valence-electron chi connectivity index (χ1n) is 8.80. The zero-order valence-electron chi connectivity index (χ0n) is 15.1. The van der Waals surface area contributed by atoms with Crippen LogP contribution in [0.25, 0.3) is 0 Å². The molecule has 0 saturated carbocycles. The Hall–Kier alpha value is -3.31. The van der Waals surface area contributed by atoms with Crippen LogP contribution in [0.3, 0.4) is 0 Å². The number of aromatic nitrogens is 2. The SMILES string of the molecule is O=C(NNc1ncnc(NCCN2CCOCC2)c1[N+](=O)[O-])c1ccccc1. The molecule has 0 bridgehead atoms. The lowest BCUT2D eigenvalue weighted by molar-refractivity contribution is -0.383. The lowest BCUT2D eigenvalue weighted by atomic mass is 10.2. The topological polar surface area (TPSA) is 135 Å². The van der Waals surface area contributed by atoms with Gasteiger partial charge in [0.15, 0.2) is 0 Å². The minimum Gasteiger partial charge on any atom is -0.379 e. The fourth-order valence-corrected chi connectivity index (χ4v) is 2.71. The van der Waals surface area contributed by atoms with Crippen LogP contribution < -0.4 is 16.2 Å². The fraction of sp³-hybridized carbons (Fsp3) is 0.353. The number of benzene rings is 1. The van der Waals surface area contributed by atoms with E-state index in [0.717, 1.165) is 13.1 Å². The highest BCUT2D eigenvalue weighted by Crippen LogP contribution is 2.28. The molecule has 1 fully saturated rings. The predicted octanol–water partition coefficient (Wildman–Crippen LogP) is 0.886. The predicted molar refractivity (Wildman–Crippen MR) is 102 cm³/mol. The van der Waals surface area contributed by atoms with E-state index in [1.54, 1.807) is 30.3 Å². The van der Waals surface area contributed by atoms with Crippen LogP contribution in [-0.4, -0.2) is 65.1 Å². The van der Waals surface area contributed by atoms with E-state index in [2.05, 4.69) is 31.0 Å². The molecule has 1 aliphatic rings. The Balaban J connectivity index is 1.63. The first-order valence-corrected chi connectivity index (χ1v) is 8.80. The van der Waals surface area contributed by atoms with E-state index in [1.165, 1.54) is 6.33 Å². The molecule has 3 rings (SSSR count). The quantitative estimate of drug-likeness (QED) is 0.446. The molecule has 0 radical (unpaired) electrons. The third kappa shape index (κ3) is 5.11. The summed E-state index contributed by atoms with van der Waals surface area (Å²) in [5, 5.41) is 14.5. The normalized spacial score (nSPS) is 14.3. The molecule has 148 valence electrons. The third-order valence-electron chi connectivity index (χ3n) is 4.16. The van der Waals surface area contributed by atoms with E-state index in [0.29, 0.717) is 31.9 Å². The molecule has 28 heavy (non-hydrogen) atoms.